The fourth-order valence-electron chi connectivity index (χ4n) is 1.20. The third-order valence-corrected chi connectivity index (χ3v) is 2.00. The molecule has 2 heterocycles. The quantitative estimate of drug-likeness (QED) is 0.391. The predicted octanol–water partition coefficient (Wildman–Crippen LogP) is 0.155. The van der Waals surface area contributed by atoms with E-state index in [1.54, 1.807) is 0 Å². The zero-order valence-electron chi connectivity index (χ0n) is 7.25. The van der Waals surface area contributed by atoms with E-state index in [-0.39, 0.29) is 6.10 Å². The first-order valence-electron chi connectivity index (χ1n) is 4.14. The summed E-state index contributed by atoms with van der Waals surface area (Å²) in [6.07, 6.45) is 1.56. The van der Waals surface area contributed by atoms with Crippen LogP contribution in [-0.4, -0.2) is 22.2 Å². The smallest absolute Gasteiger partial charge is 0.334 e. The second kappa shape index (κ2) is 3.22. The second-order valence-corrected chi connectivity index (χ2v) is 3.06. The van der Waals surface area contributed by atoms with Gasteiger partial charge in [0.15, 0.2) is 0 Å². The Bertz CT molecular complexity index is 422. The Kier molecular flexibility index (Phi) is 2.05. The largest absolute Gasteiger partial charge is 0.371 e. The molecule has 1 aromatic heterocycles. The molecule has 0 saturated carbocycles. The van der Waals surface area contributed by atoms with Crippen LogP contribution >= 0.6 is 0 Å². The first kappa shape index (κ1) is 8.89. The van der Waals surface area contributed by atoms with Crippen molar-refractivity contribution in [1.29, 1.82) is 0 Å². The molecule has 0 bridgehead atoms. The molecule has 6 nitrogen and oxygen atoms in total. The Hall–Kier alpha value is -1.69. The first-order valence-corrected chi connectivity index (χ1v) is 4.14. The third kappa shape index (κ3) is 1.64. The molecule has 0 aliphatic carbocycles. The summed E-state index contributed by atoms with van der Waals surface area (Å²) in [7, 11) is 0. The SMILES string of the molecule is O=c1c([N+](=O)[O-])cccn1CC1CO1. The van der Waals surface area contributed by atoms with Crippen molar-refractivity contribution >= 4 is 5.69 Å². The van der Waals surface area contributed by atoms with Gasteiger partial charge in [-0.1, -0.05) is 0 Å². The molecule has 1 aliphatic rings. The molecule has 1 fully saturated rings. The molecule has 0 spiro atoms. The molecule has 0 N–H and O–H groups in total. The van der Waals surface area contributed by atoms with E-state index in [2.05, 4.69) is 0 Å². The molecule has 0 amide bonds. The summed E-state index contributed by atoms with van der Waals surface area (Å²) in [6, 6.07) is 2.69. The van der Waals surface area contributed by atoms with Crippen LogP contribution in [-0.2, 0) is 11.3 Å². The van der Waals surface area contributed by atoms with E-state index in [4.69, 9.17) is 4.74 Å². The van der Waals surface area contributed by atoms with E-state index in [1.807, 2.05) is 0 Å². The van der Waals surface area contributed by atoms with E-state index in [0.717, 1.165) is 0 Å². The van der Waals surface area contributed by atoms with Crippen LogP contribution in [0.5, 0.6) is 0 Å². The molecule has 2 rings (SSSR count). The summed E-state index contributed by atoms with van der Waals surface area (Å²) < 4.78 is 6.24. The number of epoxide rings is 1. The molecular formula is C8H8N2O4. The lowest BCUT2D eigenvalue weighted by Gasteiger charge is -2.01. The maximum Gasteiger partial charge on any atom is 0.334 e. The number of pyridine rings is 1. The minimum absolute atomic E-state index is 0.0368. The summed E-state index contributed by atoms with van der Waals surface area (Å²) in [5, 5.41) is 10.4. The topological polar surface area (TPSA) is 77.7 Å². The zero-order chi connectivity index (χ0) is 10.1. The van der Waals surface area contributed by atoms with Crippen LogP contribution in [0.25, 0.3) is 0 Å². The lowest BCUT2D eigenvalue weighted by atomic mass is 10.4. The Morgan fingerprint density at radius 2 is 2.43 bits per heavy atom. The fourth-order valence-corrected chi connectivity index (χ4v) is 1.20. The van der Waals surface area contributed by atoms with Gasteiger partial charge in [0.25, 0.3) is 0 Å². The number of aromatic nitrogens is 1. The summed E-state index contributed by atoms with van der Waals surface area (Å²) >= 11 is 0. The molecule has 0 aromatic carbocycles. The van der Waals surface area contributed by atoms with Crippen molar-refractivity contribution in [2.24, 2.45) is 0 Å². The molecule has 14 heavy (non-hydrogen) atoms. The minimum Gasteiger partial charge on any atom is -0.371 e. The predicted molar refractivity (Wildman–Crippen MR) is 47.1 cm³/mol. The van der Waals surface area contributed by atoms with Gasteiger partial charge in [-0.05, 0) is 6.07 Å². The van der Waals surface area contributed by atoms with Gasteiger partial charge >= 0.3 is 11.2 Å². The number of hydrogen-bond acceptors (Lipinski definition) is 4. The molecule has 1 aromatic rings. The highest BCUT2D eigenvalue weighted by Crippen LogP contribution is 2.11. The van der Waals surface area contributed by atoms with Gasteiger partial charge in [0, 0.05) is 12.3 Å². The highest BCUT2D eigenvalue weighted by atomic mass is 16.6. The van der Waals surface area contributed by atoms with Crippen LogP contribution in [0, 0.1) is 10.1 Å². The lowest BCUT2D eigenvalue weighted by molar-refractivity contribution is -0.386. The van der Waals surface area contributed by atoms with Crippen LogP contribution in [0.2, 0.25) is 0 Å². The Labute approximate surface area is 78.9 Å². The molecule has 74 valence electrons. The Morgan fingerprint density at radius 3 is 3.00 bits per heavy atom. The summed E-state index contributed by atoms with van der Waals surface area (Å²) in [5.74, 6) is 0. The zero-order valence-corrected chi connectivity index (χ0v) is 7.25. The molecule has 1 unspecified atom stereocenters. The highest BCUT2D eigenvalue weighted by Gasteiger charge is 2.24. The highest BCUT2D eigenvalue weighted by molar-refractivity contribution is 5.25. The van der Waals surface area contributed by atoms with Crippen molar-refractivity contribution in [1.82, 2.24) is 4.57 Å². The normalized spacial score (nSPS) is 19.3. The van der Waals surface area contributed by atoms with Crippen molar-refractivity contribution in [2.45, 2.75) is 12.6 Å². The molecule has 6 heteroatoms. The maximum atomic E-state index is 11.4. The summed E-state index contributed by atoms with van der Waals surface area (Å²) in [6.45, 7) is 1.01. The average molecular weight is 196 g/mol. The number of nitro groups is 1. The summed E-state index contributed by atoms with van der Waals surface area (Å²) in [5.41, 5.74) is -0.971. The maximum absolute atomic E-state index is 11.4. The van der Waals surface area contributed by atoms with Crippen LogP contribution in [0.3, 0.4) is 0 Å². The van der Waals surface area contributed by atoms with Crippen molar-refractivity contribution in [3.8, 4) is 0 Å². The number of ether oxygens (including phenoxy) is 1. The van der Waals surface area contributed by atoms with Gasteiger partial charge in [-0.3, -0.25) is 14.9 Å². The van der Waals surface area contributed by atoms with Gasteiger partial charge in [0.05, 0.1) is 24.2 Å². The third-order valence-electron chi connectivity index (χ3n) is 2.00. The van der Waals surface area contributed by atoms with E-state index < -0.39 is 16.2 Å². The molecule has 1 saturated heterocycles. The number of nitrogens with zero attached hydrogens (tertiary/aromatic N) is 2. The fraction of sp³-hybridized carbons (Fsp3) is 0.375. The van der Waals surface area contributed by atoms with Crippen molar-refractivity contribution < 1.29 is 9.66 Å². The standard InChI is InChI=1S/C8H8N2O4/c11-8-7(10(12)13)2-1-3-9(8)4-6-5-14-6/h1-3,6H,4-5H2. The van der Waals surface area contributed by atoms with Gasteiger partial charge in [-0.15, -0.1) is 0 Å². The van der Waals surface area contributed by atoms with Gasteiger partial charge in [-0.25, -0.2) is 0 Å². The molecule has 0 radical (unpaired) electrons. The lowest BCUT2D eigenvalue weighted by Crippen LogP contribution is -2.23. The van der Waals surface area contributed by atoms with Crippen LogP contribution in [0.1, 0.15) is 0 Å². The second-order valence-electron chi connectivity index (χ2n) is 3.06. The van der Waals surface area contributed by atoms with Gasteiger partial charge < -0.3 is 9.30 Å². The number of hydrogen-bond donors (Lipinski definition) is 0. The van der Waals surface area contributed by atoms with E-state index in [0.29, 0.717) is 13.2 Å². The van der Waals surface area contributed by atoms with E-state index in [1.165, 1.54) is 22.9 Å². The number of rotatable bonds is 3. The van der Waals surface area contributed by atoms with Crippen LogP contribution < -0.4 is 5.56 Å². The monoisotopic (exact) mass is 196 g/mol. The first-order chi connectivity index (χ1) is 6.68. The summed E-state index contributed by atoms with van der Waals surface area (Å²) in [4.78, 5) is 21.2. The Morgan fingerprint density at radius 1 is 1.71 bits per heavy atom. The minimum atomic E-state index is -0.674. The molecule has 1 atom stereocenters. The van der Waals surface area contributed by atoms with Crippen LogP contribution in [0.15, 0.2) is 23.1 Å². The average Bonchev–Trinajstić information content (AvgIpc) is 2.92. The van der Waals surface area contributed by atoms with Gasteiger partial charge in [-0.2, -0.15) is 0 Å². The van der Waals surface area contributed by atoms with Gasteiger partial charge in [0.1, 0.15) is 0 Å². The van der Waals surface area contributed by atoms with Gasteiger partial charge in [0.2, 0.25) is 0 Å². The van der Waals surface area contributed by atoms with Crippen molar-refractivity contribution in [2.75, 3.05) is 6.61 Å². The van der Waals surface area contributed by atoms with Crippen LogP contribution in [0.4, 0.5) is 5.69 Å². The van der Waals surface area contributed by atoms with E-state index in [9.17, 15) is 14.9 Å². The van der Waals surface area contributed by atoms with E-state index >= 15 is 0 Å². The Balaban J connectivity index is 2.35. The van der Waals surface area contributed by atoms with Crippen molar-refractivity contribution in [3.63, 3.8) is 0 Å². The van der Waals surface area contributed by atoms with Crippen molar-refractivity contribution in [3.05, 3.63) is 38.8 Å². The molecule has 1 aliphatic heterocycles. The molecular weight excluding hydrogens is 188 g/mol.